The Morgan fingerprint density at radius 2 is 1.57 bits per heavy atom. The van der Waals surface area contributed by atoms with Crippen LogP contribution in [-0.2, 0) is 14.1 Å². The zero-order chi connectivity index (χ0) is 33.2. The molecule has 3 aliphatic heterocycles. The topological polar surface area (TPSA) is 101 Å². The molecule has 4 atom stereocenters. The Hall–Kier alpha value is -2.93. The first kappa shape index (κ1) is 34.4. The van der Waals surface area contributed by atoms with Crippen molar-refractivity contribution in [2.24, 2.45) is 5.41 Å². The third-order valence-corrected chi connectivity index (χ3v) is 14.2. The molecule has 2 aromatic rings. The molecule has 0 spiro atoms. The van der Waals surface area contributed by atoms with Gasteiger partial charge in [0, 0.05) is 0 Å². The van der Waals surface area contributed by atoms with Crippen LogP contribution in [0.25, 0.3) is 0 Å². The molecule has 0 radical (unpaired) electrons. The van der Waals surface area contributed by atoms with Crippen molar-refractivity contribution in [3.8, 4) is 6.07 Å². The Kier molecular flexibility index (Phi) is 10.5. The van der Waals surface area contributed by atoms with Gasteiger partial charge in [-0.2, -0.15) is 0 Å². The van der Waals surface area contributed by atoms with Crippen molar-refractivity contribution in [1.29, 1.82) is 5.26 Å². The quantitative estimate of drug-likeness (QED) is 0.283. The van der Waals surface area contributed by atoms with E-state index in [4.69, 9.17) is 20.5 Å². The normalized spacial score (nSPS) is 26.4. The summed E-state index contributed by atoms with van der Waals surface area (Å²) in [5.41, 5.74) is 1.03. The number of halogens is 1. The van der Waals surface area contributed by atoms with Crippen LogP contribution >= 0.6 is 18.2 Å². The van der Waals surface area contributed by atoms with Crippen molar-refractivity contribution in [2.45, 2.75) is 91.1 Å². The van der Waals surface area contributed by atoms with E-state index in [1.165, 1.54) is 0 Å². The molecule has 3 aliphatic rings. The Morgan fingerprint density at radius 1 is 1.02 bits per heavy atom. The van der Waals surface area contributed by atoms with Gasteiger partial charge in [-0.1, -0.05) is 12.1 Å². The number of nitrogens with one attached hydrogen (secondary N) is 1. The van der Waals surface area contributed by atoms with Crippen LogP contribution in [0.2, 0.25) is 0 Å². The molecule has 1 unspecified atom stereocenters. The Labute approximate surface area is 278 Å². The molecule has 5 rings (SSSR count). The number of nitriles is 1. The third kappa shape index (κ3) is 6.72. The fourth-order valence-electron chi connectivity index (χ4n) is 7.52. The van der Waals surface area contributed by atoms with Crippen molar-refractivity contribution < 1.29 is 18.8 Å². The van der Waals surface area contributed by atoms with Gasteiger partial charge in [0.1, 0.15) is 0 Å². The van der Waals surface area contributed by atoms with Crippen molar-refractivity contribution in [2.75, 3.05) is 35.6 Å². The van der Waals surface area contributed by atoms with E-state index < -0.39 is 24.7 Å². The maximum absolute atomic E-state index is 13.9. The van der Waals surface area contributed by atoms with Gasteiger partial charge in [0.15, 0.2) is 0 Å². The minimum atomic E-state index is -3.07. The number of carbonyl (C=O) groups is 2. The molecule has 3 fully saturated rings. The van der Waals surface area contributed by atoms with E-state index >= 15 is 0 Å². The van der Waals surface area contributed by atoms with E-state index in [-0.39, 0.29) is 42.9 Å². The molecule has 2 aromatic carbocycles. The molecule has 12 heteroatoms. The monoisotopic (exact) mass is 670 g/mol. The summed E-state index contributed by atoms with van der Waals surface area (Å²) in [6.07, 6.45) is -0.533. The Bertz CT molecular complexity index is 1360. The number of anilines is 2. The third-order valence-electron chi connectivity index (χ3n) is 9.47. The Morgan fingerprint density at radius 3 is 2.07 bits per heavy atom. The van der Waals surface area contributed by atoms with Crippen LogP contribution in [-0.4, -0.2) is 84.0 Å². The molecule has 3 amide bonds. The van der Waals surface area contributed by atoms with Crippen LogP contribution in [0.5, 0.6) is 0 Å². The average molecular weight is 671 g/mol. The number of urea groups is 1. The molecule has 10 nitrogen and oxygen atoms in total. The molecule has 3 saturated heterocycles. The number of imide groups is 1. The van der Waals surface area contributed by atoms with E-state index in [2.05, 4.69) is 77.8 Å². The van der Waals surface area contributed by atoms with Gasteiger partial charge in [0.2, 0.25) is 0 Å². The van der Waals surface area contributed by atoms with Gasteiger partial charge in [-0.15, -0.1) is 0 Å². The van der Waals surface area contributed by atoms with E-state index in [1.54, 1.807) is 4.90 Å². The number of amides is 3. The van der Waals surface area contributed by atoms with E-state index in [0.717, 1.165) is 24.5 Å². The molecule has 0 saturated carbocycles. The van der Waals surface area contributed by atoms with Crippen LogP contribution in [0.15, 0.2) is 60.7 Å². The van der Waals surface area contributed by atoms with Gasteiger partial charge in [0.25, 0.3) is 0 Å². The molecule has 0 aromatic heterocycles. The summed E-state index contributed by atoms with van der Waals surface area (Å²) < 4.78 is 15.4. The predicted octanol–water partition coefficient (Wildman–Crippen LogP) is 6.18. The number of rotatable bonds is 11. The van der Waals surface area contributed by atoms with Gasteiger partial charge < -0.3 is 0 Å². The summed E-state index contributed by atoms with van der Waals surface area (Å²) in [5, 5.41) is 12.1. The number of para-hydroxylation sites is 2. The summed E-state index contributed by atoms with van der Waals surface area (Å²) in [5.74, 6) is -0.311. The van der Waals surface area contributed by atoms with Gasteiger partial charge in [-0.3, -0.25) is 0 Å². The molecule has 46 heavy (non-hydrogen) atoms. The second kappa shape index (κ2) is 14.0. The Balaban J connectivity index is 1.43. The summed E-state index contributed by atoms with van der Waals surface area (Å²) in [6.45, 7) is 10.8. The molecule has 3 heterocycles. The van der Waals surface area contributed by atoms with Gasteiger partial charge >= 0.3 is 267 Å². The first-order valence-electron chi connectivity index (χ1n) is 16.3. The van der Waals surface area contributed by atoms with E-state index in [1.807, 2.05) is 50.2 Å². The van der Waals surface area contributed by atoms with Crippen molar-refractivity contribution >= 4 is 41.5 Å². The molecule has 1 N–H and O–H groups in total. The molecular weight excluding hydrogens is 623 g/mol. The van der Waals surface area contributed by atoms with Gasteiger partial charge in [-0.25, -0.2) is 0 Å². The number of carbonyl (C=O) groups excluding carboxylic acids is 2. The predicted molar refractivity (Wildman–Crippen MR) is 185 cm³/mol. The summed E-state index contributed by atoms with van der Waals surface area (Å²) in [7, 11) is 0. The number of ether oxygens (including phenoxy) is 1. The van der Waals surface area contributed by atoms with Crippen molar-refractivity contribution in [3.63, 3.8) is 0 Å². The number of hydrogen-bond donors (Lipinski definition) is 1. The zero-order valence-electron chi connectivity index (χ0n) is 27.7. The number of nitrogens with zero attached hydrogens (tertiary/aromatic N) is 5. The molecule has 250 valence electrons. The fraction of sp³-hybridized carbons (Fsp3) is 0.559. The molecular formula is C34H48ClN6O4P. The second-order valence-corrected chi connectivity index (χ2v) is 17.8. The van der Waals surface area contributed by atoms with Gasteiger partial charge in [0.05, 0.1) is 0 Å². The minimum absolute atomic E-state index is 0.127. The van der Waals surface area contributed by atoms with Crippen molar-refractivity contribution in [3.05, 3.63) is 60.7 Å². The van der Waals surface area contributed by atoms with Crippen LogP contribution in [0.4, 0.5) is 16.2 Å². The second-order valence-electron chi connectivity index (χ2n) is 13.4. The van der Waals surface area contributed by atoms with Crippen molar-refractivity contribution in [1.82, 2.24) is 14.9 Å². The first-order chi connectivity index (χ1) is 21.9. The molecule has 0 aliphatic carbocycles. The van der Waals surface area contributed by atoms with Crippen LogP contribution in [0, 0.1) is 16.7 Å². The van der Waals surface area contributed by atoms with Crippen LogP contribution in [0.1, 0.15) is 54.4 Å². The SMILES string of the molecule is CC(C)N(C(C)C)[PH](Cl)(CCC#N)O[C@H]1C[C@H](N2CC(C)(C3N(c4ccccc4)CCN3c3ccccc3)C(=O)NC2=O)O[C@@H]1C. The van der Waals surface area contributed by atoms with E-state index in [0.29, 0.717) is 19.0 Å². The first-order valence-corrected chi connectivity index (χ1v) is 19.4. The average Bonchev–Trinajstić information content (AvgIpc) is 3.63. The summed E-state index contributed by atoms with van der Waals surface area (Å²) in [4.78, 5) is 33.6. The maximum atomic E-state index is 13.9. The van der Waals surface area contributed by atoms with Crippen LogP contribution in [0.3, 0.4) is 0 Å². The number of benzene rings is 2. The van der Waals surface area contributed by atoms with Gasteiger partial charge in [-0.05, 0) is 0 Å². The standard InChI is InChI=1S/C34H48ClN6O4P/c1-24(2)41(25(3)4)46(35,21-13-18-36)45-29-22-30(44-26(29)5)40-23-34(6,31(42)37-33(40)43)32-38(27-14-9-7-10-15-27)19-20-39(32)28-16-11-8-12-17-28/h7-12,14-17,24-26,29-30,32,46H,13,19-23H2,1-6H3,(H,37,42,43)/t26-,29+,30-,34?/m1/s1. The van der Waals surface area contributed by atoms with E-state index in [9.17, 15) is 14.9 Å². The summed E-state index contributed by atoms with van der Waals surface area (Å²) >= 11 is 7.37. The fourth-order valence-corrected chi connectivity index (χ4v) is 12.5. The van der Waals surface area contributed by atoms with Crippen LogP contribution < -0.4 is 15.1 Å². The number of hydrogen-bond acceptors (Lipinski definition) is 8. The molecule has 0 bridgehead atoms. The summed E-state index contributed by atoms with van der Waals surface area (Å²) in [6, 6.07) is 22.2. The zero-order valence-corrected chi connectivity index (χ0v) is 29.5.